The van der Waals surface area contributed by atoms with E-state index in [2.05, 4.69) is 10.3 Å². The molecule has 0 spiro atoms. The molecule has 1 aliphatic carbocycles. The largest absolute Gasteiger partial charge is 0.481 e. The summed E-state index contributed by atoms with van der Waals surface area (Å²) in [5.74, 6) is -1.65. The number of amides is 1. The number of aryl methyl sites for hydroxylation is 1. The van der Waals surface area contributed by atoms with E-state index in [9.17, 15) is 9.59 Å². The Labute approximate surface area is 121 Å². The summed E-state index contributed by atoms with van der Waals surface area (Å²) in [5.41, 5.74) is 2.02. The average Bonchev–Trinajstić information content (AvgIpc) is 3.05. The summed E-state index contributed by atoms with van der Waals surface area (Å²) < 4.78 is 1.85. The molecule has 1 amide bonds. The molecule has 2 heterocycles. The van der Waals surface area contributed by atoms with Crippen LogP contribution < -0.4 is 5.32 Å². The molecule has 6 heteroatoms. The van der Waals surface area contributed by atoms with Crippen LogP contribution in [-0.2, 0) is 4.79 Å². The number of rotatable bonds is 3. The Morgan fingerprint density at radius 3 is 2.90 bits per heavy atom. The smallest absolute Gasteiger partial charge is 0.308 e. The highest BCUT2D eigenvalue weighted by Crippen LogP contribution is 2.26. The summed E-state index contributed by atoms with van der Waals surface area (Å²) in [6.45, 7) is 1.94. The normalized spacial score (nSPS) is 21.6. The molecule has 1 saturated carbocycles. The summed E-state index contributed by atoms with van der Waals surface area (Å²) in [4.78, 5) is 27.7. The molecule has 110 valence electrons. The van der Waals surface area contributed by atoms with E-state index in [1.807, 2.05) is 29.5 Å². The summed E-state index contributed by atoms with van der Waals surface area (Å²) in [6.07, 6.45) is 3.83. The molecule has 3 rings (SSSR count). The minimum absolute atomic E-state index is 0.305. The number of nitrogens with zero attached hydrogens (tertiary/aromatic N) is 2. The van der Waals surface area contributed by atoms with E-state index in [0.29, 0.717) is 24.2 Å². The molecule has 1 fully saturated rings. The van der Waals surface area contributed by atoms with Gasteiger partial charge in [-0.05, 0) is 31.9 Å². The van der Waals surface area contributed by atoms with Crippen LogP contribution in [0.2, 0.25) is 0 Å². The fourth-order valence-corrected chi connectivity index (χ4v) is 2.93. The molecule has 0 aromatic carbocycles. The minimum atomic E-state index is -0.844. The molecular formula is C15H17N3O3. The number of pyridine rings is 1. The molecule has 2 aromatic rings. The predicted octanol–water partition coefficient (Wildman–Crippen LogP) is 1.63. The lowest BCUT2D eigenvalue weighted by molar-refractivity contribution is -0.142. The van der Waals surface area contributed by atoms with Crippen molar-refractivity contribution in [2.45, 2.75) is 32.2 Å². The topological polar surface area (TPSA) is 83.7 Å². The molecule has 0 aliphatic heterocycles. The second-order valence-electron chi connectivity index (χ2n) is 5.48. The van der Waals surface area contributed by atoms with Crippen LogP contribution in [0, 0.1) is 12.8 Å². The van der Waals surface area contributed by atoms with Gasteiger partial charge in [-0.15, -0.1) is 0 Å². The molecular weight excluding hydrogens is 270 g/mol. The first kappa shape index (κ1) is 13.6. The van der Waals surface area contributed by atoms with Crippen LogP contribution in [0.4, 0.5) is 0 Å². The van der Waals surface area contributed by atoms with Gasteiger partial charge in [-0.1, -0.05) is 12.5 Å². The van der Waals surface area contributed by atoms with Crippen LogP contribution in [-0.4, -0.2) is 32.4 Å². The zero-order chi connectivity index (χ0) is 15.0. The van der Waals surface area contributed by atoms with E-state index in [1.54, 1.807) is 6.20 Å². The van der Waals surface area contributed by atoms with Crippen molar-refractivity contribution in [2.75, 3.05) is 0 Å². The monoisotopic (exact) mass is 287 g/mol. The number of hydrogen-bond donors (Lipinski definition) is 2. The van der Waals surface area contributed by atoms with Crippen LogP contribution >= 0.6 is 0 Å². The maximum atomic E-state index is 12.3. The zero-order valence-corrected chi connectivity index (χ0v) is 11.7. The number of carboxylic acid groups (broad SMARTS) is 1. The van der Waals surface area contributed by atoms with Crippen molar-refractivity contribution in [2.24, 2.45) is 5.92 Å². The quantitative estimate of drug-likeness (QED) is 0.898. The summed E-state index contributed by atoms with van der Waals surface area (Å²) in [7, 11) is 0. The number of carbonyl (C=O) groups excluding carboxylic acids is 1. The van der Waals surface area contributed by atoms with Crippen molar-refractivity contribution in [1.82, 2.24) is 14.7 Å². The van der Waals surface area contributed by atoms with Crippen molar-refractivity contribution in [3.63, 3.8) is 0 Å². The third-order valence-corrected chi connectivity index (χ3v) is 4.08. The fraction of sp³-hybridized carbons (Fsp3) is 0.400. The Bertz CT molecular complexity index is 707. The van der Waals surface area contributed by atoms with E-state index in [1.165, 1.54) is 0 Å². The van der Waals surface area contributed by atoms with E-state index in [0.717, 1.165) is 12.1 Å². The lowest BCUT2D eigenvalue weighted by Crippen LogP contribution is -2.40. The van der Waals surface area contributed by atoms with Gasteiger partial charge in [0.25, 0.3) is 5.91 Å². The van der Waals surface area contributed by atoms with Gasteiger partial charge in [0.15, 0.2) is 0 Å². The van der Waals surface area contributed by atoms with Gasteiger partial charge in [-0.2, -0.15) is 0 Å². The Kier molecular flexibility index (Phi) is 3.37. The van der Waals surface area contributed by atoms with E-state index >= 15 is 0 Å². The SMILES string of the molecule is Cc1cccc2nc(C(=O)N[C@H]3CCC[C@H]3C(=O)O)cn12. The minimum Gasteiger partial charge on any atom is -0.481 e. The highest BCUT2D eigenvalue weighted by Gasteiger charge is 2.34. The number of carbonyl (C=O) groups is 2. The number of aromatic nitrogens is 2. The maximum Gasteiger partial charge on any atom is 0.308 e. The average molecular weight is 287 g/mol. The van der Waals surface area contributed by atoms with Crippen molar-refractivity contribution >= 4 is 17.5 Å². The second-order valence-corrected chi connectivity index (χ2v) is 5.48. The fourth-order valence-electron chi connectivity index (χ4n) is 2.93. The Morgan fingerprint density at radius 1 is 1.38 bits per heavy atom. The van der Waals surface area contributed by atoms with Crippen LogP contribution in [0.3, 0.4) is 0 Å². The molecule has 0 unspecified atom stereocenters. The lowest BCUT2D eigenvalue weighted by Gasteiger charge is -2.16. The van der Waals surface area contributed by atoms with E-state index in [-0.39, 0.29) is 11.9 Å². The van der Waals surface area contributed by atoms with Crippen LogP contribution in [0.5, 0.6) is 0 Å². The summed E-state index contributed by atoms with van der Waals surface area (Å²) in [6, 6.07) is 5.35. The third kappa shape index (κ3) is 2.49. The van der Waals surface area contributed by atoms with Gasteiger partial charge in [0.1, 0.15) is 11.3 Å². The molecule has 1 aliphatic rings. The predicted molar refractivity (Wildman–Crippen MR) is 76.2 cm³/mol. The highest BCUT2D eigenvalue weighted by molar-refractivity contribution is 5.93. The zero-order valence-electron chi connectivity index (χ0n) is 11.7. The third-order valence-electron chi connectivity index (χ3n) is 4.08. The van der Waals surface area contributed by atoms with Crippen LogP contribution in [0.1, 0.15) is 35.4 Å². The van der Waals surface area contributed by atoms with E-state index < -0.39 is 11.9 Å². The first-order valence-electron chi connectivity index (χ1n) is 7.04. The van der Waals surface area contributed by atoms with E-state index in [4.69, 9.17) is 5.11 Å². The van der Waals surface area contributed by atoms with Gasteiger partial charge in [0, 0.05) is 17.9 Å². The Balaban J connectivity index is 1.81. The molecule has 2 aromatic heterocycles. The lowest BCUT2D eigenvalue weighted by atomic mass is 10.0. The Morgan fingerprint density at radius 2 is 2.19 bits per heavy atom. The first-order chi connectivity index (χ1) is 10.1. The molecule has 0 bridgehead atoms. The number of imidazole rings is 1. The molecule has 6 nitrogen and oxygen atoms in total. The van der Waals surface area contributed by atoms with Crippen molar-refractivity contribution in [1.29, 1.82) is 0 Å². The van der Waals surface area contributed by atoms with Gasteiger partial charge in [-0.3, -0.25) is 9.59 Å². The summed E-state index contributed by atoms with van der Waals surface area (Å²) >= 11 is 0. The number of aliphatic carboxylic acids is 1. The van der Waals surface area contributed by atoms with Gasteiger partial charge in [0.2, 0.25) is 0 Å². The highest BCUT2D eigenvalue weighted by atomic mass is 16.4. The molecule has 0 radical (unpaired) electrons. The van der Waals surface area contributed by atoms with Crippen molar-refractivity contribution in [3.05, 3.63) is 35.8 Å². The number of fused-ring (bicyclic) bond motifs is 1. The Hall–Kier alpha value is -2.37. The molecule has 21 heavy (non-hydrogen) atoms. The number of carboxylic acids is 1. The molecule has 2 N–H and O–H groups in total. The summed E-state index contributed by atoms with van der Waals surface area (Å²) in [5, 5.41) is 12.0. The first-order valence-corrected chi connectivity index (χ1v) is 7.04. The van der Waals surface area contributed by atoms with Gasteiger partial charge in [0.05, 0.1) is 5.92 Å². The molecule has 0 saturated heterocycles. The number of nitrogens with one attached hydrogen (secondary N) is 1. The maximum absolute atomic E-state index is 12.3. The van der Waals surface area contributed by atoms with Gasteiger partial charge >= 0.3 is 5.97 Å². The second kappa shape index (κ2) is 5.20. The van der Waals surface area contributed by atoms with Crippen molar-refractivity contribution < 1.29 is 14.7 Å². The van der Waals surface area contributed by atoms with Gasteiger partial charge in [-0.25, -0.2) is 4.98 Å². The number of hydrogen-bond acceptors (Lipinski definition) is 3. The van der Waals surface area contributed by atoms with Crippen LogP contribution in [0.15, 0.2) is 24.4 Å². The standard InChI is InChI=1S/C15H17N3O3/c1-9-4-2-7-13-16-12(8-18(9)13)14(19)17-11-6-3-5-10(11)15(20)21/h2,4,7-8,10-11H,3,5-6H2,1H3,(H,17,19)(H,20,21)/t10-,11+/m1/s1. The van der Waals surface area contributed by atoms with Crippen molar-refractivity contribution in [3.8, 4) is 0 Å². The molecule has 2 atom stereocenters. The van der Waals surface area contributed by atoms with Gasteiger partial charge < -0.3 is 14.8 Å². The van der Waals surface area contributed by atoms with Crippen LogP contribution in [0.25, 0.3) is 5.65 Å².